The number of nitro groups is 1. The lowest BCUT2D eigenvalue weighted by molar-refractivity contribution is -0.385. The first-order valence-corrected chi connectivity index (χ1v) is 6.63. The van der Waals surface area contributed by atoms with Gasteiger partial charge in [-0.25, -0.2) is 4.79 Å². The first-order chi connectivity index (χ1) is 10.5. The van der Waals surface area contributed by atoms with Crippen LogP contribution in [-0.4, -0.2) is 18.0 Å². The van der Waals surface area contributed by atoms with Crippen molar-refractivity contribution in [1.29, 1.82) is 0 Å². The molecule has 0 aromatic heterocycles. The average molecular weight is 322 g/mol. The van der Waals surface area contributed by atoms with Crippen LogP contribution in [0, 0.1) is 10.1 Å². The minimum Gasteiger partial charge on any atom is -0.490 e. The van der Waals surface area contributed by atoms with Gasteiger partial charge in [0.05, 0.1) is 17.6 Å². The molecule has 2 aromatic carbocycles. The molecule has 0 unspecified atom stereocenters. The summed E-state index contributed by atoms with van der Waals surface area (Å²) in [5, 5.41) is 11.5. The topological polar surface area (TPSA) is 78.7 Å². The van der Waals surface area contributed by atoms with Gasteiger partial charge in [-0.05, 0) is 29.8 Å². The number of esters is 1. The van der Waals surface area contributed by atoms with Crippen LogP contribution in [0.15, 0.2) is 42.5 Å². The number of methoxy groups -OCH3 is 1. The van der Waals surface area contributed by atoms with Crippen LogP contribution in [0.5, 0.6) is 5.75 Å². The van der Waals surface area contributed by atoms with Gasteiger partial charge in [-0.1, -0.05) is 23.7 Å². The summed E-state index contributed by atoms with van der Waals surface area (Å²) in [4.78, 5) is 22.3. The number of carbonyl (C=O) groups excluding carboxylic acids is 1. The van der Waals surface area contributed by atoms with Crippen LogP contribution in [0.25, 0.3) is 0 Å². The van der Waals surface area contributed by atoms with Crippen molar-refractivity contribution in [3.63, 3.8) is 0 Å². The summed E-state index contributed by atoms with van der Waals surface area (Å²) >= 11 is 5.84. The quantitative estimate of drug-likeness (QED) is 0.477. The molecule has 0 aliphatic heterocycles. The number of hydrogen-bond donors (Lipinski definition) is 0. The van der Waals surface area contributed by atoms with E-state index < -0.39 is 10.9 Å². The molecule has 6 nitrogen and oxygen atoms in total. The Morgan fingerprint density at radius 2 is 2.05 bits per heavy atom. The fourth-order valence-corrected chi connectivity index (χ4v) is 2.03. The molecular weight excluding hydrogens is 310 g/mol. The average Bonchev–Trinajstić information content (AvgIpc) is 2.52. The molecule has 0 bridgehead atoms. The Kier molecular flexibility index (Phi) is 4.95. The third kappa shape index (κ3) is 3.73. The predicted octanol–water partition coefficient (Wildman–Crippen LogP) is 3.61. The molecular formula is C15H12ClNO5. The Labute approximate surface area is 131 Å². The Hall–Kier alpha value is -2.60. The minimum absolute atomic E-state index is 0.0270. The Morgan fingerprint density at radius 1 is 1.27 bits per heavy atom. The van der Waals surface area contributed by atoms with Gasteiger partial charge in [0.15, 0.2) is 5.75 Å². The predicted molar refractivity (Wildman–Crippen MR) is 80.2 cm³/mol. The maximum atomic E-state index is 12.0. The van der Waals surface area contributed by atoms with Gasteiger partial charge in [-0.15, -0.1) is 0 Å². The first kappa shape index (κ1) is 15.8. The highest BCUT2D eigenvalue weighted by Crippen LogP contribution is 2.27. The Bertz CT molecular complexity index is 717. The largest absolute Gasteiger partial charge is 0.490 e. The van der Waals surface area contributed by atoms with Crippen LogP contribution in [0.3, 0.4) is 0 Å². The van der Waals surface area contributed by atoms with Gasteiger partial charge in [0.1, 0.15) is 6.61 Å². The van der Waals surface area contributed by atoms with E-state index >= 15 is 0 Å². The maximum Gasteiger partial charge on any atom is 0.338 e. The summed E-state index contributed by atoms with van der Waals surface area (Å²) in [6, 6.07) is 10.8. The highest BCUT2D eigenvalue weighted by atomic mass is 35.5. The molecule has 0 heterocycles. The van der Waals surface area contributed by atoms with Gasteiger partial charge in [0.2, 0.25) is 0 Å². The third-order valence-corrected chi connectivity index (χ3v) is 3.11. The number of ether oxygens (including phenoxy) is 2. The molecule has 0 atom stereocenters. The van der Waals surface area contributed by atoms with Crippen molar-refractivity contribution >= 4 is 23.3 Å². The van der Waals surface area contributed by atoms with Crippen molar-refractivity contribution in [2.75, 3.05) is 7.11 Å². The summed E-state index contributed by atoms with van der Waals surface area (Å²) in [5.41, 5.74) is 0.512. The van der Waals surface area contributed by atoms with Gasteiger partial charge >= 0.3 is 11.7 Å². The second-order valence-corrected chi connectivity index (χ2v) is 4.79. The van der Waals surface area contributed by atoms with Crippen LogP contribution in [-0.2, 0) is 11.3 Å². The highest BCUT2D eigenvalue weighted by Gasteiger charge is 2.18. The molecule has 0 N–H and O–H groups in total. The fourth-order valence-electron chi connectivity index (χ4n) is 1.82. The normalized spacial score (nSPS) is 10.1. The van der Waals surface area contributed by atoms with E-state index in [9.17, 15) is 14.9 Å². The Balaban J connectivity index is 2.12. The van der Waals surface area contributed by atoms with Crippen molar-refractivity contribution in [1.82, 2.24) is 0 Å². The van der Waals surface area contributed by atoms with Gasteiger partial charge in [0, 0.05) is 11.1 Å². The van der Waals surface area contributed by atoms with Crippen molar-refractivity contribution in [3.8, 4) is 5.75 Å². The second-order valence-electron chi connectivity index (χ2n) is 4.35. The van der Waals surface area contributed by atoms with E-state index in [2.05, 4.69) is 0 Å². The molecule has 0 spiro atoms. The Morgan fingerprint density at radius 3 is 2.68 bits per heavy atom. The molecule has 0 amide bonds. The van der Waals surface area contributed by atoms with E-state index in [0.717, 1.165) is 11.6 Å². The van der Waals surface area contributed by atoms with Crippen LogP contribution >= 0.6 is 11.6 Å². The van der Waals surface area contributed by atoms with E-state index in [1.54, 1.807) is 24.3 Å². The van der Waals surface area contributed by atoms with E-state index in [-0.39, 0.29) is 23.6 Å². The van der Waals surface area contributed by atoms with Gasteiger partial charge < -0.3 is 9.47 Å². The molecule has 22 heavy (non-hydrogen) atoms. The SMILES string of the molecule is COc1ccc(C(=O)OCc2cccc(Cl)c2)cc1[N+](=O)[O-]. The smallest absolute Gasteiger partial charge is 0.338 e. The number of nitro benzene ring substituents is 1. The molecule has 7 heteroatoms. The number of benzene rings is 2. The second kappa shape index (κ2) is 6.91. The van der Waals surface area contributed by atoms with E-state index in [1.807, 2.05) is 0 Å². The lowest BCUT2D eigenvalue weighted by atomic mass is 10.2. The summed E-state index contributed by atoms with van der Waals surface area (Å²) in [7, 11) is 1.32. The van der Waals surface area contributed by atoms with Crippen LogP contribution < -0.4 is 4.74 Å². The molecule has 0 saturated carbocycles. The number of carbonyl (C=O) groups is 1. The van der Waals surface area contributed by atoms with Gasteiger partial charge in [-0.2, -0.15) is 0 Å². The molecule has 0 radical (unpaired) electrons. The molecule has 0 aliphatic carbocycles. The lowest BCUT2D eigenvalue weighted by Gasteiger charge is -2.07. The molecule has 0 fully saturated rings. The van der Waals surface area contributed by atoms with Crippen molar-refractivity contribution in [2.24, 2.45) is 0 Å². The summed E-state index contributed by atoms with van der Waals surface area (Å²) in [5.74, 6) is -0.581. The minimum atomic E-state index is -0.661. The van der Waals surface area contributed by atoms with Gasteiger partial charge in [0.25, 0.3) is 0 Å². The van der Waals surface area contributed by atoms with Gasteiger partial charge in [-0.3, -0.25) is 10.1 Å². The summed E-state index contributed by atoms with van der Waals surface area (Å²) in [6.45, 7) is 0.0270. The number of rotatable bonds is 5. The van der Waals surface area contributed by atoms with E-state index in [1.165, 1.54) is 19.2 Å². The highest BCUT2D eigenvalue weighted by molar-refractivity contribution is 6.30. The molecule has 114 valence electrons. The van der Waals surface area contributed by atoms with Crippen molar-refractivity contribution in [2.45, 2.75) is 6.61 Å². The lowest BCUT2D eigenvalue weighted by Crippen LogP contribution is -2.06. The maximum absolute atomic E-state index is 12.0. The van der Waals surface area contributed by atoms with Crippen molar-refractivity contribution < 1.29 is 19.2 Å². The molecule has 2 aromatic rings. The fraction of sp³-hybridized carbons (Fsp3) is 0.133. The molecule has 2 rings (SSSR count). The number of halogens is 1. The summed E-state index contributed by atoms with van der Waals surface area (Å²) in [6.07, 6.45) is 0. The van der Waals surface area contributed by atoms with Crippen LogP contribution in [0.4, 0.5) is 5.69 Å². The van der Waals surface area contributed by atoms with Crippen molar-refractivity contribution in [3.05, 3.63) is 68.7 Å². The first-order valence-electron chi connectivity index (χ1n) is 6.25. The summed E-state index contributed by atoms with van der Waals surface area (Å²) < 4.78 is 9.99. The number of hydrogen-bond acceptors (Lipinski definition) is 5. The monoisotopic (exact) mass is 321 g/mol. The molecule has 0 aliphatic rings. The zero-order chi connectivity index (χ0) is 16.1. The zero-order valence-corrected chi connectivity index (χ0v) is 12.4. The standard InChI is InChI=1S/C15H12ClNO5/c1-21-14-6-5-11(8-13(14)17(19)20)15(18)22-9-10-3-2-4-12(16)7-10/h2-8H,9H2,1H3. The van der Waals surface area contributed by atoms with E-state index in [0.29, 0.717) is 5.02 Å². The van der Waals surface area contributed by atoms with E-state index in [4.69, 9.17) is 21.1 Å². The third-order valence-electron chi connectivity index (χ3n) is 2.87. The number of nitrogens with zero attached hydrogens (tertiary/aromatic N) is 1. The van der Waals surface area contributed by atoms with Crippen LogP contribution in [0.2, 0.25) is 5.02 Å². The van der Waals surface area contributed by atoms with Crippen LogP contribution in [0.1, 0.15) is 15.9 Å². The molecule has 0 saturated heterocycles. The zero-order valence-electron chi connectivity index (χ0n) is 11.6.